The van der Waals surface area contributed by atoms with Crippen LogP contribution in [0.5, 0.6) is 0 Å². The first kappa shape index (κ1) is 27.1. The van der Waals surface area contributed by atoms with Gasteiger partial charge in [0, 0.05) is 6.07 Å². The lowest BCUT2D eigenvalue weighted by atomic mass is 10.1. The maximum atomic E-state index is 12.3. The van der Waals surface area contributed by atoms with Crippen LogP contribution in [0.25, 0.3) is 0 Å². The number of nitro groups is 6. The fourth-order valence-corrected chi connectivity index (χ4v) is 3.26. The molecule has 0 radical (unpaired) electrons. The van der Waals surface area contributed by atoms with E-state index in [1.807, 2.05) is 0 Å². The van der Waals surface area contributed by atoms with Gasteiger partial charge in [-0.3, -0.25) is 60.7 Å². The summed E-state index contributed by atoms with van der Waals surface area (Å²) >= 11 is 0. The van der Waals surface area contributed by atoms with E-state index in [2.05, 4.69) is 4.84 Å². The Hall–Kier alpha value is -6.16. The highest BCUT2D eigenvalue weighted by molar-refractivity contribution is 5.79. The molecule has 0 aromatic heterocycles. The van der Waals surface area contributed by atoms with Gasteiger partial charge in [-0.05, 0) is 18.2 Å². The molecule has 23 heteroatoms. The minimum atomic E-state index is -5.45. The minimum absolute atomic E-state index is 0.399. The fraction of sp³-hybridized carbons (Fsp3) is 0.143. The number of para-hydroxylation sites is 2. The van der Waals surface area contributed by atoms with Crippen molar-refractivity contribution in [3.63, 3.8) is 0 Å². The van der Waals surface area contributed by atoms with Gasteiger partial charge in [-0.25, -0.2) is 0 Å². The monoisotopic (exact) mass is 528 g/mol. The summed E-state index contributed by atoms with van der Waals surface area (Å²) in [6, 6.07) is 5.95. The van der Waals surface area contributed by atoms with Crippen LogP contribution in [-0.2, 0) is 4.84 Å². The van der Waals surface area contributed by atoms with E-state index in [0.717, 1.165) is 12.1 Å². The molecule has 0 saturated carbocycles. The second kappa shape index (κ2) is 9.60. The third-order valence-corrected chi connectivity index (χ3v) is 4.58. The highest BCUT2D eigenvalue weighted by Crippen LogP contribution is 2.48. The van der Waals surface area contributed by atoms with Crippen molar-refractivity contribution in [1.82, 2.24) is 0 Å². The summed E-state index contributed by atoms with van der Waals surface area (Å²) in [4.78, 5) is 72.9. The SMILES string of the molecule is O=[N+]([O-])OC([N+](=O)[O-])([N+](=O)[O-])C(N(c1ccccc1)c1cccc([N+](=O)[O-])c1[N+](=O)[O-])([N+](=O)[O-])[N+](=O)[O-]. The molecule has 194 valence electrons. The van der Waals surface area contributed by atoms with Crippen LogP contribution in [0.1, 0.15) is 0 Å². The molecule has 0 atom stereocenters. The molecule has 0 heterocycles. The first-order valence-electron chi connectivity index (χ1n) is 8.86. The molecule has 2 rings (SSSR count). The summed E-state index contributed by atoms with van der Waals surface area (Å²) in [5, 5.41) is 80.3. The van der Waals surface area contributed by atoms with Gasteiger partial charge in [-0.1, -0.05) is 24.3 Å². The number of nitro benzene ring substituents is 2. The number of hydrogen-bond donors (Lipinski definition) is 0. The topological polar surface area (TPSA) is 314 Å². The van der Waals surface area contributed by atoms with E-state index in [4.69, 9.17) is 0 Å². The quantitative estimate of drug-likeness (QED) is 0.212. The lowest BCUT2D eigenvalue weighted by Gasteiger charge is -2.30. The van der Waals surface area contributed by atoms with Crippen LogP contribution < -0.4 is 4.90 Å². The molecule has 0 saturated heterocycles. The van der Waals surface area contributed by atoms with Gasteiger partial charge in [0.15, 0.2) is 0 Å². The second-order valence-corrected chi connectivity index (χ2v) is 6.42. The fourth-order valence-electron chi connectivity index (χ4n) is 3.26. The smallest absolute Gasteiger partial charge is 0.258 e. The standard InChI is InChI=1S/C14H8N8O15/c23-16(24)11-8-4-7-10(12(11)17(25)26)15(9-5-2-1-3-6-9)13(18(27)28,19(29)30)14(20(31)32,21(33)34)37-22(35)36/h1-8H. The van der Waals surface area contributed by atoms with E-state index in [0.29, 0.717) is 30.3 Å². The third-order valence-electron chi connectivity index (χ3n) is 4.58. The Kier molecular flexibility index (Phi) is 7.03. The van der Waals surface area contributed by atoms with E-state index in [-0.39, 0.29) is 0 Å². The Morgan fingerprint density at radius 2 is 1.14 bits per heavy atom. The molecule has 0 spiro atoms. The van der Waals surface area contributed by atoms with Crippen molar-refractivity contribution in [3.8, 4) is 0 Å². The highest BCUT2D eigenvalue weighted by atomic mass is 17.0. The van der Waals surface area contributed by atoms with Crippen molar-refractivity contribution < 1.29 is 39.5 Å². The normalized spacial score (nSPS) is 11.1. The van der Waals surface area contributed by atoms with E-state index in [1.54, 1.807) is 0 Å². The van der Waals surface area contributed by atoms with Crippen molar-refractivity contribution in [3.05, 3.63) is 119 Å². The number of anilines is 2. The van der Waals surface area contributed by atoms with Crippen molar-refractivity contribution in [2.45, 2.75) is 11.6 Å². The van der Waals surface area contributed by atoms with E-state index in [9.17, 15) is 70.8 Å². The van der Waals surface area contributed by atoms with Crippen molar-refractivity contribution in [1.29, 1.82) is 0 Å². The van der Waals surface area contributed by atoms with Crippen LogP contribution in [0.3, 0.4) is 0 Å². The van der Waals surface area contributed by atoms with Gasteiger partial charge in [0.1, 0.15) is 25.4 Å². The lowest BCUT2D eigenvalue weighted by Crippen LogP contribution is -2.79. The molecule has 0 bridgehead atoms. The van der Waals surface area contributed by atoms with Gasteiger partial charge in [-0.15, -0.1) is 15.0 Å². The summed E-state index contributed by atoms with van der Waals surface area (Å²) in [5.41, 5.74) is -5.73. The number of nitrogens with zero attached hydrogens (tertiary/aromatic N) is 8. The Labute approximate surface area is 199 Å². The van der Waals surface area contributed by atoms with Gasteiger partial charge in [0.05, 0.1) is 15.5 Å². The number of rotatable bonds is 12. The molecule has 2 aromatic rings. The predicted molar refractivity (Wildman–Crippen MR) is 110 cm³/mol. The van der Waals surface area contributed by atoms with E-state index >= 15 is 0 Å². The molecular weight excluding hydrogens is 520 g/mol. The largest absolute Gasteiger partial charge is 0.783 e. The van der Waals surface area contributed by atoms with E-state index < -0.39 is 73.9 Å². The van der Waals surface area contributed by atoms with Crippen LogP contribution in [0, 0.1) is 70.8 Å². The lowest BCUT2D eigenvalue weighted by molar-refractivity contribution is -1.03. The zero-order chi connectivity index (χ0) is 28.3. The van der Waals surface area contributed by atoms with Gasteiger partial charge >= 0.3 is 28.1 Å². The van der Waals surface area contributed by atoms with Crippen molar-refractivity contribution >= 4 is 22.7 Å². The zero-order valence-electron chi connectivity index (χ0n) is 17.3. The molecule has 37 heavy (non-hydrogen) atoms. The van der Waals surface area contributed by atoms with Crippen LogP contribution in [0.15, 0.2) is 48.5 Å². The number of benzene rings is 2. The van der Waals surface area contributed by atoms with Gasteiger partial charge in [0.25, 0.3) is 0 Å². The Morgan fingerprint density at radius 3 is 1.51 bits per heavy atom. The van der Waals surface area contributed by atoms with Crippen LogP contribution >= 0.6 is 0 Å². The summed E-state index contributed by atoms with van der Waals surface area (Å²) in [6.07, 6.45) is 0. The maximum Gasteiger partial charge on any atom is 0.783 e. The average Bonchev–Trinajstić information content (AvgIpc) is 2.80. The van der Waals surface area contributed by atoms with Crippen LogP contribution in [0.2, 0.25) is 0 Å². The predicted octanol–water partition coefficient (Wildman–Crippen LogP) is 1.26. The minimum Gasteiger partial charge on any atom is -0.258 e. The van der Waals surface area contributed by atoms with Gasteiger partial charge in [-0.2, -0.15) is 4.90 Å². The van der Waals surface area contributed by atoms with Crippen LogP contribution in [0.4, 0.5) is 22.7 Å². The summed E-state index contributed by atoms with van der Waals surface area (Å²) < 4.78 is 0. The van der Waals surface area contributed by atoms with Crippen LogP contribution in [-0.4, -0.2) is 46.3 Å². The Bertz CT molecular complexity index is 1300. The molecule has 23 nitrogen and oxygen atoms in total. The molecule has 0 N–H and O–H groups in total. The molecule has 0 aliphatic carbocycles. The Balaban J connectivity index is 3.37. The summed E-state index contributed by atoms with van der Waals surface area (Å²) in [6.45, 7) is 0. The van der Waals surface area contributed by atoms with E-state index in [1.165, 1.54) is 6.07 Å². The molecular formula is C14H8N8O15. The van der Waals surface area contributed by atoms with Gasteiger partial charge < -0.3 is 0 Å². The second-order valence-electron chi connectivity index (χ2n) is 6.42. The summed E-state index contributed by atoms with van der Waals surface area (Å²) in [5.74, 6) is -10.7. The first-order chi connectivity index (χ1) is 17.2. The molecule has 0 fully saturated rings. The molecule has 0 unspecified atom stereocenters. The molecule has 0 aliphatic heterocycles. The summed E-state index contributed by atoms with van der Waals surface area (Å²) in [7, 11) is 0. The molecule has 2 aromatic carbocycles. The number of hydrogen-bond acceptors (Lipinski definition) is 16. The van der Waals surface area contributed by atoms with Crippen molar-refractivity contribution in [2.75, 3.05) is 4.90 Å². The highest BCUT2D eigenvalue weighted by Gasteiger charge is 3.00. The first-order valence-corrected chi connectivity index (χ1v) is 8.86. The van der Waals surface area contributed by atoms with Crippen molar-refractivity contribution in [2.24, 2.45) is 0 Å². The maximum absolute atomic E-state index is 12.3. The Morgan fingerprint density at radius 1 is 0.622 bits per heavy atom. The molecule has 0 aliphatic rings. The van der Waals surface area contributed by atoms with Gasteiger partial charge in [0.2, 0.25) is 0 Å². The molecule has 0 amide bonds. The third kappa shape index (κ3) is 4.02. The average molecular weight is 528 g/mol. The zero-order valence-corrected chi connectivity index (χ0v) is 17.3.